The van der Waals surface area contributed by atoms with E-state index in [0.29, 0.717) is 0 Å². The van der Waals surface area contributed by atoms with E-state index in [2.05, 4.69) is 61.9 Å². The Morgan fingerprint density at radius 1 is 1.12 bits per heavy atom. The molecule has 17 heavy (non-hydrogen) atoms. The third-order valence-electron chi connectivity index (χ3n) is 2.78. The standard InChI is InChI=1S/C16H15B/c1-3-8-15-13(4-2)11-12-17-16(15)14-9-6-5-7-10-14/h3-12H,2H2,1H3/b8-3-. The zero-order valence-corrected chi connectivity index (χ0v) is 10.1. The van der Waals surface area contributed by atoms with E-state index in [9.17, 15) is 0 Å². The Labute approximate surface area is 104 Å². The van der Waals surface area contributed by atoms with Crippen LogP contribution in [0.4, 0.5) is 0 Å². The molecule has 0 bridgehead atoms. The summed E-state index contributed by atoms with van der Waals surface area (Å²) in [6.45, 7) is 8.06. The fraction of sp³-hybridized carbons (Fsp3) is 0.0625. The van der Waals surface area contributed by atoms with Gasteiger partial charge in [-0.25, -0.2) is 0 Å². The van der Waals surface area contributed by atoms with Gasteiger partial charge in [-0.1, -0.05) is 0 Å². The molecule has 0 saturated heterocycles. The summed E-state index contributed by atoms with van der Waals surface area (Å²) < 4.78 is 0. The second-order valence-corrected chi connectivity index (χ2v) is 3.88. The Bertz CT molecular complexity index is 539. The van der Waals surface area contributed by atoms with Crippen LogP contribution >= 0.6 is 0 Å². The van der Waals surface area contributed by atoms with E-state index < -0.39 is 0 Å². The molecule has 0 atom stereocenters. The van der Waals surface area contributed by atoms with Crippen molar-refractivity contribution in [1.29, 1.82) is 0 Å². The summed E-state index contributed by atoms with van der Waals surface area (Å²) in [6.07, 6.45) is 6.11. The molecule has 0 aliphatic heterocycles. The first kappa shape index (κ1) is 11.6. The zero-order valence-electron chi connectivity index (χ0n) is 10.1. The molecule has 2 rings (SSSR count). The summed E-state index contributed by atoms with van der Waals surface area (Å²) in [5.41, 5.74) is 4.89. The third-order valence-corrected chi connectivity index (χ3v) is 2.78. The molecule has 0 fully saturated rings. The average molecular weight is 218 g/mol. The van der Waals surface area contributed by atoms with Crippen LogP contribution in [0.1, 0.15) is 18.1 Å². The molecule has 0 aliphatic carbocycles. The van der Waals surface area contributed by atoms with Gasteiger partial charge >= 0.3 is 103 Å². The first-order valence-corrected chi connectivity index (χ1v) is 5.80. The molecule has 0 nitrogen and oxygen atoms in total. The van der Waals surface area contributed by atoms with E-state index in [1.165, 1.54) is 22.1 Å². The van der Waals surface area contributed by atoms with Crippen molar-refractivity contribution in [2.75, 3.05) is 0 Å². The van der Waals surface area contributed by atoms with Gasteiger partial charge in [0.15, 0.2) is 0 Å². The van der Waals surface area contributed by atoms with Gasteiger partial charge < -0.3 is 0 Å². The minimum absolute atomic E-state index is 1.17. The summed E-state index contributed by atoms with van der Waals surface area (Å²) in [5, 5.41) is 0. The maximum absolute atomic E-state index is 3.87. The predicted octanol–water partition coefficient (Wildman–Crippen LogP) is 4.37. The third kappa shape index (κ3) is 2.44. The van der Waals surface area contributed by atoms with Crippen LogP contribution in [0.2, 0.25) is 0 Å². The van der Waals surface area contributed by atoms with Gasteiger partial charge in [0, 0.05) is 0 Å². The van der Waals surface area contributed by atoms with Crippen LogP contribution in [-0.2, 0) is 0 Å². The van der Waals surface area contributed by atoms with Crippen molar-refractivity contribution in [2.45, 2.75) is 6.92 Å². The van der Waals surface area contributed by atoms with E-state index in [1.807, 2.05) is 19.1 Å². The summed E-state index contributed by atoms with van der Waals surface area (Å²) in [4.78, 5) is 0. The second kappa shape index (κ2) is 5.45. The Balaban J connectivity index is 2.65. The molecule has 0 unspecified atom stereocenters. The summed E-state index contributed by atoms with van der Waals surface area (Å²) in [6, 6.07) is 12.5. The van der Waals surface area contributed by atoms with Crippen LogP contribution in [0, 0.1) is 0 Å². The number of allylic oxidation sites excluding steroid dienone is 1. The Hall–Kier alpha value is -1.89. The summed E-state index contributed by atoms with van der Waals surface area (Å²) in [5.74, 6) is 2.08. The molecule has 0 amide bonds. The minimum atomic E-state index is 1.17. The summed E-state index contributed by atoms with van der Waals surface area (Å²) in [7, 11) is 0. The molecule has 2 aromatic rings. The van der Waals surface area contributed by atoms with Crippen LogP contribution in [-0.4, -0.2) is 6.91 Å². The van der Waals surface area contributed by atoms with E-state index in [4.69, 9.17) is 0 Å². The van der Waals surface area contributed by atoms with Crippen molar-refractivity contribution < 1.29 is 0 Å². The normalized spacial score (nSPS) is 10.4. The molecule has 1 aromatic heterocycles. The van der Waals surface area contributed by atoms with Gasteiger partial charge in [0.1, 0.15) is 0 Å². The number of hydrogen-bond donors (Lipinski definition) is 0. The van der Waals surface area contributed by atoms with Crippen molar-refractivity contribution in [3.8, 4) is 11.0 Å². The first-order valence-electron chi connectivity index (χ1n) is 5.80. The van der Waals surface area contributed by atoms with Crippen molar-refractivity contribution in [1.82, 2.24) is 0 Å². The Kier molecular flexibility index (Phi) is 3.71. The fourth-order valence-corrected chi connectivity index (χ4v) is 1.98. The zero-order chi connectivity index (χ0) is 12.1. The van der Waals surface area contributed by atoms with E-state index in [1.54, 1.807) is 0 Å². The molecule has 0 spiro atoms. The van der Waals surface area contributed by atoms with Gasteiger partial charge in [-0.3, -0.25) is 0 Å². The van der Waals surface area contributed by atoms with E-state index >= 15 is 0 Å². The number of rotatable bonds is 3. The van der Waals surface area contributed by atoms with Crippen LogP contribution < -0.4 is 0 Å². The molecule has 0 radical (unpaired) electrons. The molecular formula is C16H15B. The van der Waals surface area contributed by atoms with Crippen molar-refractivity contribution in [3.05, 3.63) is 66.1 Å². The van der Waals surface area contributed by atoms with Gasteiger partial charge in [0.05, 0.1) is 0 Å². The Morgan fingerprint density at radius 3 is 2.53 bits per heavy atom. The van der Waals surface area contributed by atoms with Gasteiger partial charge in [0.2, 0.25) is 0 Å². The number of benzene rings is 1. The first-order chi connectivity index (χ1) is 8.36. The molecule has 82 valence electrons. The molecule has 1 heteroatoms. The molecule has 1 aromatic carbocycles. The van der Waals surface area contributed by atoms with Crippen molar-refractivity contribution in [3.63, 3.8) is 0 Å². The fourth-order valence-electron chi connectivity index (χ4n) is 1.98. The Morgan fingerprint density at radius 2 is 1.88 bits per heavy atom. The number of hydrogen-bond acceptors (Lipinski definition) is 0. The maximum atomic E-state index is 3.87. The topological polar surface area (TPSA) is 0 Å². The summed E-state index contributed by atoms with van der Waals surface area (Å²) >= 11 is 0. The van der Waals surface area contributed by atoms with Gasteiger partial charge in [-0.15, -0.1) is 0 Å². The molecular weight excluding hydrogens is 203 g/mol. The SMILES string of the molecule is C=Cc1ccbc(-c2ccccc2)c1/C=C\C. The molecule has 0 saturated carbocycles. The molecule has 0 aliphatic rings. The van der Waals surface area contributed by atoms with Crippen LogP contribution in [0.25, 0.3) is 23.2 Å². The van der Waals surface area contributed by atoms with Crippen molar-refractivity contribution in [2.24, 2.45) is 0 Å². The monoisotopic (exact) mass is 218 g/mol. The van der Waals surface area contributed by atoms with Crippen LogP contribution in [0.15, 0.2) is 55.0 Å². The molecule has 1 heterocycles. The quantitative estimate of drug-likeness (QED) is 0.717. The predicted molar refractivity (Wildman–Crippen MR) is 78.0 cm³/mol. The van der Waals surface area contributed by atoms with Gasteiger partial charge in [-0.2, -0.15) is 0 Å². The van der Waals surface area contributed by atoms with E-state index in [-0.39, 0.29) is 0 Å². The van der Waals surface area contributed by atoms with Gasteiger partial charge in [-0.05, 0) is 0 Å². The second-order valence-electron chi connectivity index (χ2n) is 3.88. The van der Waals surface area contributed by atoms with Crippen LogP contribution in [0.5, 0.6) is 0 Å². The molecule has 0 N–H and O–H groups in total. The van der Waals surface area contributed by atoms with Crippen LogP contribution in [0.3, 0.4) is 0 Å². The van der Waals surface area contributed by atoms with E-state index in [0.717, 1.165) is 0 Å². The van der Waals surface area contributed by atoms with Crippen molar-refractivity contribution >= 4 is 19.1 Å². The van der Waals surface area contributed by atoms with Gasteiger partial charge in [0.25, 0.3) is 0 Å². The average Bonchev–Trinajstić information content (AvgIpc) is 2.40.